The zero-order chi connectivity index (χ0) is 29.3. The first-order valence-corrected chi connectivity index (χ1v) is 16.9. The van der Waals surface area contributed by atoms with E-state index in [9.17, 15) is 18.0 Å². The molecule has 0 radical (unpaired) electrons. The van der Waals surface area contributed by atoms with E-state index in [4.69, 9.17) is 9.47 Å². The molecular formula is C31H35N3O6S2. The van der Waals surface area contributed by atoms with Gasteiger partial charge in [-0.15, -0.1) is 0 Å². The van der Waals surface area contributed by atoms with Gasteiger partial charge in [-0.2, -0.15) is 0 Å². The number of nitrogens with zero attached hydrogens (tertiary/aromatic N) is 2. The number of nitrogens with one attached hydrogen (secondary N) is 1. The van der Waals surface area contributed by atoms with E-state index in [2.05, 4.69) is 17.2 Å². The molecule has 1 atom stereocenters. The van der Waals surface area contributed by atoms with Crippen molar-refractivity contribution in [3.63, 3.8) is 0 Å². The molecule has 6 rings (SSSR count). The standard InChI is InChI=1S/C31H35N3O6S2/c1-20-18-34(19-20)30(36)23-3-2-4-24(16-23)40-28-17-32-31(41-28)33-29(35)27(15-21-11-13-39-14-12-21)22-5-7-25(8-6-22)42(37,38)26-9-10-26/h2-8,16-17,20-21,26-27H,9-15,18-19H2,1H3,(H,32,33,35)/t27-/m1/s1. The molecule has 2 aromatic carbocycles. The summed E-state index contributed by atoms with van der Waals surface area (Å²) >= 11 is 1.21. The fourth-order valence-electron chi connectivity index (χ4n) is 5.58. The third-order valence-corrected chi connectivity index (χ3v) is 11.2. The van der Waals surface area contributed by atoms with Crippen LogP contribution in [0.15, 0.2) is 59.6 Å². The minimum absolute atomic E-state index is 0.00968. The lowest BCUT2D eigenvalue weighted by molar-refractivity contribution is -0.118. The molecule has 2 amide bonds. The molecule has 3 aromatic rings. The van der Waals surface area contributed by atoms with Crippen LogP contribution in [-0.2, 0) is 19.4 Å². The number of ether oxygens (including phenoxy) is 2. The van der Waals surface area contributed by atoms with Crippen LogP contribution in [0.3, 0.4) is 0 Å². The maximum Gasteiger partial charge on any atom is 0.254 e. The summed E-state index contributed by atoms with van der Waals surface area (Å²) in [5.74, 6) is 0.703. The van der Waals surface area contributed by atoms with Crippen molar-refractivity contribution in [1.29, 1.82) is 0 Å². The Labute approximate surface area is 250 Å². The number of amides is 2. The van der Waals surface area contributed by atoms with E-state index >= 15 is 0 Å². The molecular weight excluding hydrogens is 574 g/mol. The Morgan fingerprint density at radius 1 is 1.10 bits per heavy atom. The van der Waals surface area contributed by atoms with Crippen LogP contribution >= 0.6 is 11.3 Å². The fourth-order valence-corrected chi connectivity index (χ4v) is 7.93. The number of benzene rings is 2. The lowest BCUT2D eigenvalue weighted by atomic mass is 9.84. The highest BCUT2D eigenvalue weighted by atomic mass is 32.2. The third-order valence-electron chi connectivity index (χ3n) is 8.17. The number of sulfone groups is 1. The summed E-state index contributed by atoms with van der Waals surface area (Å²) in [5, 5.41) is 3.57. The molecule has 222 valence electrons. The Morgan fingerprint density at radius 3 is 2.52 bits per heavy atom. The number of carbonyl (C=O) groups excluding carboxylic acids is 2. The van der Waals surface area contributed by atoms with Gasteiger partial charge >= 0.3 is 0 Å². The van der Waals surface area contributed by atoms with E-state index < -0.39 is 15.8 Å². The highest BCUT2D eigenvalue weighted by Crippen LogP contribution is 2.36. The highest BCUT2D eigenvalue weighted by molar-refractivity contribution is 7.92. The molecule has 3 fully saturated rings. The van der Waals surface area contributed by atoms with Crippen LogP contribution in [-0.4, -0.2) is 61.7 Å². The van der Waals surface area contributed by atoms with Gasteiger partial charge in [0.1, 0.15) is 5.75 Å². The second kappa shape index (κ2) is 12.1. The predicted octanol–water partition coefficient (Wildman–Crippen LogP) is 5.50. The first-order valence-electron chi connectivity index (χ1n) is 14.5. The molecule has 0 spiro atoms. The van der Waals surface area contributed by atoms with Crippen molar-refractivity contribution < 1.29 is 27.5 Å². The third kappa shape index (κ3) is 6.53. The molecule has 3 heterocycles. The molecule has 42 heavy (non-hydrogen) atoms. The molecule has 2 aliphatic heterocycles. The first kappa shape index (κ1) is 28.8. The summed E-state index contributed by atoms with van der Waals surface area (Å²) in [4.78, 5) is 32.8. The van der Waals surface area contributed by atoms with Crippen LogP contribution in [0, 0.1) is 11.8 Å². The minimum atomic E-state index is -3.30. The summed E-state index contributed by atoms with van der Waals surface area (Å²) in [6, 6.07) is 13.9. The van der Waals surface area contributed by atoms with Crippen LogP contribution in [0.2, 0.25) is 0 Å². The van der Waals surface area contributed by atoms with Crippen molar-refractivity contribution in [2.24, 2.45) is 11.8 Å². The van der Waals surface area contributed by atoms with Crippen molar-refractivity contribution in [2.75, 3.05) is 31.6 Å². The van der Waals surface area contributed by atoms with E-state index in [-0.39, 0.29) is 17.1 Å². The van der Waals surface area contributed by atoms with Crippen molar-refractivity contribution in [3.8, 4) is 10.8 Å². The molecule has 9 nitrogen and oxygen atoms in total. The van der Waals surface area contributed by atoms with Gasteiger partial charge in [0, 0.05) is 31.9 Å². The molecule has 0 bridgehead atoms. The van der Waals surface area contributed by atoms with Gasteiger partial charge in [-0.05, 0) is 79.8 Å². The Balaban J connectivity index is 1.14. The number of carbonyl (C=O) groups is 2. The lowest BCUT2D eigenvalue weighted by Gasteiger charge is -2.37. The van der Waals surface area contributed by atoms with Crippen molar-refractivity contribution in [3.05, 3.63) is 65.9 Å². The van der Waals surface area contributed by atoms with E-state index in [1.165, 1.54) is 11.3 Å². The molecule has 1 saturated carbocycles. The zero-order valence-electron chi connectivity index (χ0n) is 23.5. The number of hydrogen-bond acceptors (Lipinski definition) is 8. The first-order chi connectivity index (χ1) is 20.3. The summed E-state index contributed by atoms with van der Waals surface area (Å²) in [6.07, 6.45) is 5.36. The van der Waals surface area contributed by atoms with Crippen molar-refractivity contribution in [1.82, 2.24) is 9.88 Å². The zero-order valence-corrected chi connectivity index (χ0v) is 25.2. The normalized spacial score (nSPS) is 18.7. The molecule has 1 aromatic heterocycles. The monoisotopic (exact) mass is 609 g/mol. The van der Waals surface area contributed by atoms with E-state index in [1.54, 1.807) is 54.7 Å². The summed E-state index contributed by atoms with van der Waals surface area (Å²) in [7, 11) is -3.30. The summed E-state index contributed by atoms with van der Waals surface area (Å²) in [5.41, 5.74) is 1.35. The van der Waals surface area contributed by atoms with E-state index in [0.717, 1.165) is 31.5 Å². The van der Waals surface area contributed by atoms with Crippen LogP contribution in [0.5, 0.6) is 10.8 Å². The predicted molar refractivity (Wildman–Crippen MR) is 160 cm³/mol. The molecule has 1 N–H and O–H groups in total. The quantitative estimate of drug-likeness (QED) is 0.323. The minimum Gasteiger partial charge on any atom is -0.445 e. The number of thiazole rings is 1. The second-order valence-electron chi connectivity index (χ2n) is 11.6. The van der Waals surface area contributed by atoms with Gasteiger partial charge in [0.15, 0.2) is 15.0 Å². The van der Waals surface area contributed by atoms with Crippen LogP contribution < -0.4 is 10.1 Å². The van der Waals surface area contributed by atoms with Crippen molar-refractivity contribution >= 4 is 38.1 Å². The molecule has 11 heteroatoms. The van der Waals surface area contributed by atoms with Crippen LogP contribution in [0.25, 0.3) is 0 Å². The SMILES string of the molecule is CC1CN(C(=O)c2cccc(Oc3cnc(NC(=O)[C@H](CC4CCOCC4)c4ccc(S(=O)(=O)C5CC5)cc4)s3)c2)C1. The van der Waals surface area contributed by atoms with E-state index in [1.807, 2.05) is 4.90 Å². The molecule has 0 unspecified atom stereocenters. The fraction of sp³-hybridized carbons (Fsp3) is 0.452. The lowest BCUT2D eigenvalue weighted by Crippen LogP contribution is -2.48. The van der Waals surface area contributed by atoms with Gasteiger partial charge in [-0.3, -0.25) is 9.59 Å². The number of rotatable bonds is 10. The summed E-state index contributed by atoms with van der Waals surface area (Å²) in [6.45, 7) is 5.00. The number of anilines is 1. The number of likely N-dealkylation sites (tertiary alicyclic amines) is 1. The van der Waals surface area contributed by atoms with Gasteiger partial charge in [-0.25, -0.2) is 13.4 Å². The Bertz CT molecular complexity index is 1540. The smallest absolute Gasteiger partial charge is 0.254 e. The number of aromatic nitrogens is 1. The average molecular weight is 610 g/mol. The highest BCUT2D eigenvalue weighted by Gasteiger charge is 2.37. The van der Waals surface area contributed by atoms with Gasteiger partial charge in [0.25, 0.3) is 5.91 Å². The second-order valence-corrected chi connectivity index (χ2v) is 14.8. The summed E-state index contributed by atoms with van der Waals surface area (Å²) < 4.78 is 36.9. The number of hydrogen-bond donors (Lipinski definition) is 1. The molecule has 3 aliphatic rings. The molecule has 1 aliphatic carbocycles. The maximum absolute atomic E-state index is 13.6. The van der Waals surface area contributed by atoms with Gasteiger partial charge in [-0.1, -0.05) is 36.5 Å². The average Bonchev–Trinajstić information content (AvgIpc) is 3.76. The topological polar surface area (TPSA) is 115 Å². The van der Waals surface area contributed by atoms with Crippen LogP contribution in [0.4, 0.5) is 5.13 Å². The van der Waals surface area contributed by atoms with Crippen LogP contribution in [0.1, 0.15) is 60.9 Å². The Morgan fingerprint density at radius 2 is 1.83 bits per heavy atom. The van der Waals surface area contributed by atoms with Gasteiger partial charge < -0.3 is 19.7 Å². The van der Waals surface area contributed by atoms with E-state index in [0.29, 0.717) is 70.7 Å². The maximum atomic E-state index is 13.6. The largest absolute Gasteiger partial charge is 0.445 e. The Kier molecular flexibility index (Phi) is 8.33. The Hall–Kier alpha value is -3.28. The van der Waals surface area contributed by atoms with Crippen molar-refractivity contribution in [2.45, 2.75) is 55.1 Å². The van der Waals surface area contributed by atoms with Gasteiger partial charge in [0.05, 0.1) is 22.3 Å². The van der Waals surface area contributed by atoms with Gasteiger partial charge in [0.2, 0.25) is 11.0 Å². The molecule has 2 saturated heterocycles.